The molecule has 4 atom stereocenters. The van der Waals surface area contributed by atoms with Crippen molar-refractivity contribution in [2.45, 2.75) is 32.8 Å². The minimum absolute atomic E-state index is 0.0353. The highest BCUT2D eigenvalue weighted by atomic mass is 35.5. The number of nitro benzene ring substituents is 1. The molecule has 0 radical (unpaired) electrons. The van der Waals surface area contributed by atoms with E-state index in [1.807, 2.05) is 12.2 Å². The molecule has 2 amide bonds. The first-order chi connectivity index (χ1) is 13.6. The molecule has 152 valence electrons. The van der Waals surface area contributed by atoms with Crippen LogP contribution in [0.3, 0.4) is 0 Å². The number of imide groups is 1. The van der Waals surface area contributed by atoms with E-state index in [0.717, 1.165) is 11.4 Å². The molecule has 2 fully saturated rings. The molecule has 1 heterocycles. The van der Waals surface area contributed by atoms with Crippen LogP contribution in [0.1, 0.15) is 32.8 Å². The molecule has 1 saturated carbocycles. The van der Waals surface area contributed by atoms with Crippen LogP contribution in [-0.2, 0) is 9.59 Å². The van der Waals surface area contributed by atoms with Crippen molar-refractivity contribution in [2.24, 2.45) is 28.8 Å². The lowest BCUT2D eigenvalue weighted by atomic mass is 9.85. The van der Waals surface area contributed by atoms with Crippen LogP contribution in [0.4, 0.5) is 5.69 Å². The molecule has 1 aliphatic heterocycles. The minimum atomic E-state index is -0.677. The molecular formula is C20H20ClN3O5. The highest BCUT2D eigenvalue weighted by Crippen LogP contribution is 2.52. The maximum Gasteiger partial charge on any atom is 0.313 e. The summed E-state index contributed by atoms with van der Waals surface area (Å²) in [5.41, 5.74) is -0.697. The van der Waals surface area contributed by atoms with E-state index in [2.05, 4.69) is 5.10 Å². The van der Waals surface area contributed by atoms with E-state index in [9.17, 15) is 19.7 Å². The molecule has 0 aromatic heterocycles. The number of hydrogen-bond donors (Lipinski definition) is 0. The smallest absolute Gasteiger partial charge is 0.313 e. The van der Waals surface area contributed by atoms with Gasteiger partial charge in [0, 0.05) is 11.6 Å². The van der Waals surface area contributed by atoms with Crippen molar-refractivity contribution in [2.75, 3.05) is 0 Å². The van der Waals surface area contributed by atoms with E-state index in [4.69, 9.17) is 16.3 Å². The highest BCUT2D eigenvalue weighted by Gasteiger charge is 2.59. The van der Waals surface area contributed by atoms with Crippen molar-refractivity contribution in [1.82, 2.24) is 5.01 Å². The Morgan fingerprint density at radius 1 is 1.21 bits per heavy atom. The van der Waals surface area contributed by atoms with E-state index in [1.165, 1.54) is 18.3 Å². The molecule has 29 heavy (non-hydrogen) atoms. The third-order valence-corrected chi connectivity index (χ3v) is 5.70. The summed E-state index contributed by atoms with van der Waals surface area (Å²) in [6, 6.07) is 2.71. The van der Waals surface area contributed by atoms with Gasteiger partial charge < -0.3 is 4.74 Å². The second-order valence-electron chi connectivity index (χ2n) is 8.56. The fourth-order valence-electron chi connectivity index (χ4n) is 4.34. The largest absolute Gasteiger partial charge is 0.480 e. The molecule has 4 rings (SSSR count). The second-order valence-corrected chi connectivity index (χ2v) is 8.96. The van der Waals surface area contributed by atoms with Gasteiger partial charge in [-0.2, -0.15) is 10.1 Å². The number of ether oxygens (including phenoxy) is 1. The molecule has 2 bridgehead atoms. The van der Waals surface area contributed by atoms with Crippen molar-refractivity contribution in [3.63, 3.8) is 0 Å². The van der Waals surface area contributed by atoms with Crippen LogP contribution < -0.4 is 4.74 Å². The van der Waals surface area contributed by atoms with Crippen molar-refractivity contribution in [1.29, 1.82) is 0 Å². The predicted molar refractivity (Wildman–Crippen MR) is 106 cm³/mol. The normalized spacial score (nSPS) is 27.9. The lowest BCUT2D eigenvalue weighted by Gasteiger charge is -2.21. The molecule has 1 aromatic carbocycles. The highest BCUT2D eigenvalue weighted by molar-refractivity contribution is 6.32. The molecule has 8 nitrogen and oxygen atoms in total. The number of carbonyl (C=O) groups is 2. The molecule has 9 heteroatoms. The number of allylic oxidation sites excluding steroid dienone is 2. The Bertz CT molecular complexity index is 951. The summed E-state index contributed by atoms with van der Waals surface area (Å²) in [6.07, 6.45) is 6.08. The maximum atomic E-state index is 12.7. The number of rotatable bonds is 4. The van der Waals surface area contributed by atoms with Gasteiger partial charge >= 0.3 is 5.69 Å². The number of halogens is 1. The fourth-order valence-corrected chi connectivity index (χ4v) is 4.60. The molecule has 0 spiro atoms. The molecule has 3 aliphatic rings. The van der Waals surface area contributed by atoms with Crippen molar-refractivity contribution in [3.8, 4) is 5.75 Å². The zero-order chi connectivity index (χ0) is 21.1. The summed E-state index contributed by atoms with van der Waals surface area (Å²) in [5.74, 6) is -1.20. The van der Waals surface area contributed by atoms with Crippen LogP contribution in [0.5, 0.6) is 5.75 Å². The van der Waals surface area contributed by atoms with Gasteiger partial charge in [0.15, 0.2) is 0 Å². The van der Waals surface area contributed by atoms with Gasteiger partial charge in [0.1, 0.15) is 5.60 Å². The number of hydrogen-bond acceptors (Lipinski definition) is 6. The first kappa shape index (κ1) is 19.6. The second kappa shape index (κ2) is 6.66. The SMILES string of the molecule is CC(C)(C)Oc1c(Cl)cc(C=NN2C(=O)C3C4C=CC(C4)C3C2=O)cc1[N+](=O)[O-]. The van der Waals surface area contributed by atoms with Crippen LogP contribution in [0.15, 0.2) is 29.4 Å². The van der Waals surface area contributed by atoms with Gasteiger partial charge in [0.05, 0.1) is 28.0 Å². The number of carbonyl (C=O) groups excluding carboxylic acids is 2. The van der Waals surface area contributed by atoms with Crippen LogP contribution in [0.2, 0.25) is 5.02 Å². The number of amides is 2. The Morgan fingerprint density at radius 3 is 2.31 bits per heavy atom. The summed E-state index contributed by atoms with van der Waals surface area (Å²) < 4.78 is 5.63. The van der Waals surface area contributed by atoms with E-state index in [0.29, 0.717) is 5.56 Å². The van der Waals surface area contributed by atoms with Gasteiger partial charge in [-0.15, -0.1) is 0 Å². The monoisotopic (exact) mass is 417 g/mol. The van der Waals surface area contributed by atoms with Crippen LogP contribution >= 0.6 is 11.6 Å². The van der Waals surface area contributed by atoms with Gasteiger partial charge in [0.2, 0.25) is 5.75 Å². The number of nitro groups is 1. The Labute approximate surface area is 172 Å². The minimum Gasteiger partial charge on any atom is -0.480 e. The van der Waals surface area contributed by atoms with Gasteiger partial charge in [-0.05, 0) is 45.1 Å². The van der Waals surface area contributed by atoms with Gasteiger partial charge in [-0.25, -0.2) is 0 Å². The third-order valence-electron chi connectivity index (χ3n) is 5.42. The summed E-state index contributed by atoms with van der Waals surface area (Å²) in [6.45, 7) is 5.27. The molecule has 4 unspecified atom stereocenters. The summed E-state index contributed by atoms with van der Waals surface area (Å²) in [5, 5.41) is 16.5. The first-order valence-corrected chi connectivity index (χ1v) is 9.71. The zero-order valence-corrected chi connectivity index (χ0v) is 16.9. The van der Waals surface area contributed by atoms with E-state index in [-0.39, 0.29) is 51.9 Å². The van der Waals surface area contributed by atoms with Crippen LogP contribution in [0, 0.1) is 33.8 Å². The third kappa shape index (κ3) is 3.31. The van der Waals surface area contributed by atoms with E-state index >= 15 is 0 Å². The van der Waals surface area contributed by atoms with Crippen molar-refractivity contribution < 1.29 is 19.2 Å². The standard InChI is InChI=1S/C20H20ClN3O5/c1-20(2,3)29-17-13(21)6-10(7-14(17)24(27)28)9-22-23-18(25)15-11-4-5-12(8-11)16(15)19(23)26/h4-7,9,11-12,15-16H,8H2,1-3H3. The van der Waals surface area contributed by atoms with Crippen molar-refractivity contribution in [3.05, 3.63) is 45.0 Å². The first-order valence-electron chi connectivity index (χ1n) is 9.34. The number of fused-ring (bicyclic) bond motifs is 5. The van der Waals surface area contributed by atoms with Crippen molar-refractivity contribution >= 4 is 35.3 Å². The molecule has 2 aliphatic carbocycles. The summed E-state index contributed by atoms with van der Waals surface area (Å²) >= 11 is 6.21. The average Bonchev–Trinajstić information content (AvgIpc) is 3.29. The molecule has 1 aromatic rings. The van der Waals surface area contributed by atoms with Gasteiger partial charge in [-0.1, -0.05) is 23.8 Å². The Morgan fingerprint density at radius 2 is 1.79 bits per heavy atom. The molecular weight excluding hydrogens is 398 g/mol. The zero-order valence-electron chi connectivity index (χ0n) is 16.2. The van der Waals surface area contributed by atoms with Gasteiger partial charge in [0.25, 0.3) is 11.8 Å². The van der Waals surface area contributed by atoms with Gasteiger partial charge in [-0.3, -0.25) is 19.7 Å². The lowest BCUT2D eigenvalue weighted by molar-refractivity contribution is -0.386. The molecule has 1 saturated heterocycles. The summed E-state index contributed by atoms with van der Waals surface area (Å²) in [4.78, 5) is 36.2. The lowest BCUT2D eigenvalue weighted by Crippen LogP contribution is -2.28. The van der Waals surface area contributed by atoms with E-state index in [1.54, 1.807) is 20.8 Å². The Kier molecular flexibility index (Phi) is 4.49. The maximum absolute atomic E-state index is 12.7. The fraction of sp³-hybridized carbons (Fsp3) is 0.450. The summed E-state index contributed by atoms with van der Waals surface area (Å²) in [7, 11) is 0. The Hall–Kier alpha value is -2.74. The predicted octanol–water partition coefficient (Wildman–Crippen LogP) is 3.57. The quantitative estimate of drug-likeness (QED) is 0.245. The Balaban J connectivity index is 1.61. The average molecular weight is 418 g/mol. The van der Waals surface area contributed by atoms with Crippen LogP contribution in [-0.4, -0.2) is 33.6 Å². The van der Waals surface area contributed by atoms with Crippen LogP contribution in [0.25, 0.3) is 0 Å². The number of nitrogens with zero attached hydrogens (tertiary/aromatic N) is 3. The molecule has 0 N–H and O–H groups in total. The number of hydrazone groups is 1. The topological polar surface area (TPSA) is 102 Å². The number of benzene rings is 1. The van der Waals surface area contributed by atoms with E-state index < -0.39 is 10.5 Å².